The lowest BCUT2D eigenvalue weighted by atomic mass is 10.1. The molecule has 0 saturated carbocycles. The lowest BCUT2D eigenvalue weighted by Gasteiger charge is -2.10. The molecule has 0 aliphatic heterocycles. The van der Waals surface area contributed by atoms with E-state index in [1.807, 2.05) is 29.6 Å². The molecule has 1 N–H and O–H groups in total. The highest BCUT2D eigenvalue weighted by molar-refractivity contribution is 7.17. The number of rotatable bonds is 3. The fourth-order valence-electron chi connectivity index (χ4n) is 2.17. The van der Waals surface area contributed by atoms with E-state index in [1.165, 1.54) is 16.8 Å². The first kappa shape index (κ1) is 13.1. The Morgan fingerprint density at radius 2 is 1.90 bits per heavy atom. The van der Waals surface area contributed by atoms with Crippen LogP contribution in [0.25, 0.3) is 10.1 Å². The minimum atomic E-state index is -0.562. The van der Waals surface area contributed by atoms with Gasteiger partial charge in [-0.25, -0.2) is 8.78 Å². The van der Waals surface area contributed by atoms with Crippen LogP contribution in [0.2, 0.25) is 0 Å². The van der Waals surface area contributed by atoms with Gasteiger partial charge in [-0.05, 0) is 40.9 Å². The van der Waals surface area contributed by atoms with Gasteiger partial charge in [0.15, 0.2) is 5.82 Å². The van der Waals surface area contributed by atoms with Gasteiger partial charge in [0, 0.05) is 11.2 Å². The average Bonchev–Trinajstić information content (AvgIpc) is 2.87. The van der Waals surface area contributed by atoms with Crippen LogP contribution in [-0.2, 0) is 6.54 Å². The molecule has 0 atom stereocenters. The molecule has 2 aromatic carbocycles. The molecule has 3 aromatic rings. The molecular weight excluding hydrogens is 276 g/mol. The van der Waals surface area contributed by atoms with Gasteiger partial charge >= 0.3 is 0 Å². The van der Waals surface area contributed by atoms with E-state index in [-0.39, 0.29) is 5.69 Å². The largest absolute Gasteiger partial charge is 0.376 e. The quantitative estimate of drug-likeness (QED) is 0.707. The van der Waals surface area contributed by atoms with Crippen molar-refractivity contribution in [1.29, 1.82) is 0 Å². The highest BCUT2D eigenvalue weighted by Crippen LogP contribution is 2.27. The molecule has 0 radical (unpaired) electrons. The molecule has 1 aromatic heterocycles. The molecule has 0 amide bonds. The molecule has 1 heterocycles. The average molecular weight is 289 g/mol. The van der Waals surface area contributed by atoms with Gasteiger partial charge < -0.3 is 5.32 Å². The molecule has 0 fully saturated rings. The molecule has 3 rings (SSSR count). The van der Waals surface area contributed by atoms with Crippen molar-refractivity contribution in [3.8, 4) is 0 Å². The second kappa shape index (κ2) is 5.21. The minimum absolute atomic E-state index is 0.0553. The second-order valence-electron chi connectivity index (χ2n) is 4.66. The van der Waals surface area contributed by atoms with E-state index in [2.05, 4.69) is 5.32 Å². The van der Waals surface area contributed by atoms with E-state index in [9.17, 15) is 8.78 Å². The maximum Gasteiger partial charge on any atom is 0.152 e. The summed E-state index contributed by atoms with van der Waals surface area (Å²) in [5.41, 5.74) is 1.43. The monoisotopic (exact) mass is 289 g/mol. The van der Waals surface area contributed by atoms with Crippen molar-refractivity contribution < 1.29 is 8.78 Å². The van der Waals surface area contributed by atoms with Crippen molar-refractivity contribution in [2.45, 2.75) is 13.5 Å². The van der Waals surface area contributed by atoms with Gasteiger partial charge in [-0.15, -0.1) is 11.3 Å². The van der Waals surface area contributed by atoms with Crippen LogP contribution >= 0.6 is 11.3 Å². The van der Waals surface area contributed by atoms with Gasteiger partial charge in [0.2, 0.25) is 0 Å². The van der Waals surface area contributed by atoms with Crippen molar-refractivity contribution in [1.82, 2.24) is 0 Å². The standard InChI is InChI=1S/C16H13F2NS/c1-10-6-7-13(17)16(15(10)18)19-8-11-9-20-14-5-3-2-4-12(11)14/h2-7,9,19H,8H2,1H3. The van der Waals surface area contributed by atoms with Crippen LogP contribution in [-0.4, -0.2) is 0 Å². The number of hydrogen-bond donors (Lipinski definition) is 1. The first-order valence-electron chi connectivity index (χ1n) is 6.30. The predicted octanol–water partition coefficient (Wildman–Crippen LogP) is 5.10. The SMILES string of the molecule is Cc1ccc(F)c(NCc2csc3ccccc23)c1F. The zero-order chi connectivity index (χ0) is 14.1. The van der Waals surface area contributed by atoms with Crippen molar-refractivity contribution in [3.05, 3.63) is 64.5 Å². The third-order valence-corrected chi connectivity index (χ3v) is 4.31. The van der Waals surface area contributed by atoms with Gasteiger partial charge in [-0.2, -0.15) is 0 Å². The number of benzene rings is 2. The Morgan fingerprint density at radius 1 is 1.10 bits per heavy atom. The molecule has 0 aliphatic rings. The molecule has 20 heavy (non-hydrogen) atoms. The van der Waals surface area contributed by atoms with Gasteiger partial charge in [0.05, 0.1) is 0 Å². The van der Waals surface area contributed by atoms with Crippen LogP contribution in [0.4, 0.5) is 14.5 Å². The third kappa shape index (κ3) is 2.27. The predicted molar refractivity (Wildman–Crippen MR) is 80.2 cm³/mol. The molecule has 0 aliphatic carbocycles. The number of hydrogen-bond acceptors (Lipinski definition) is 2. The summed E-state index contributed by atoms with van der Waals surface area (Å²) >= 11 is 1.63. The number of aryl methyl sites for hydroxylation is 1. The maximum atomic E-state index is 13.9. The minimum Gasteiger partial charge on any atom is -0.376 e. The van der Waals surface area contributed by atoms with Crippen molar-refractivity contribution >= 4 is 27.1 Å². The molecule has 0 saturated heterocycles. The molecule has 102 valence electrons. The van der Waals surface area contributed by atoms with Crippen LogP contribution in [0, 0.1) is 18.6 Å². The van der Waals surface area contributed by atoms with E-state index < -0.39 is 11.6 Å². The van der Waals surface area contributed by atoms with E-state index in [0.717, 1.165) is 10.9 Å². The fourth-order valence-corrected chi connectivity index (χ4v) is 3.13. The number of halogens is 2. The van der Waals surface area contributed by atoms with E-state index in [4.69, 9.17) is 0 Å². The molecule has 0 bridgehead atoms. The second-order valence-corrected chi connectivity index (χ2v) is 5.58. The Labute approximate surface area is 119 Å². The first-order chi connectivity index (χ1) is 9.66. The lowest BCUT2D eigenvalue weighted by Crippen LogP contribution is -2.04. The van der Waals surface area contributed by atoms with Crippen molar-refractivity contribution in [3.63, 3.8) is 0 Å². The van der Waals surface area contributed by atoms with Crippen molar-refractivity contribution in [2.24, 2.45) is 0 Å². The third-order valence-electron chi connectivity index (χ3n) is 3.30. The summed E-state index contributed by atoms with van der Waals surface area (Å²) in [6.45, 7) is 2.03. The highest BCUT2D eigenvalue weighted by atomic mass is 32.1. The smallest absolute Gasteiger partial charge is 0.152 e. The van der Waals surface area contributed by atoms with Gasteiger partial charge in [0.1, 0.15) is 11.5 Å². The van der Waals surface area contributed by atoms with Gasteiger partial charge in [0.25, 0.3) is 0 Å². The van der Waals surface area contributed by atoms with Gasteiger partial charge in [-0.1, -0.05) is 24.3 Å². The zero-order valence-electron chi connectivity index (χ0n) is 10.9. The normalized spacial score (nSPS) is 10.9. The molecular formula is C16H13F2NS. The van der Waals surface area contributed by atoms with Crippen LogP contribution in [0.15, 0.2) is 41.8 Å². The number of fused-ring (bicyclic) bond motifs is 1. The maximum absolute atomic E-state index is 13.9. The van der Waals surface area contributed by atoms with Crippen LogP contribution in [0.3, 0.4) is 0 Å². The summed E-state index contributed by atoms with van der Waals surface area (Å²) < 4.78 is 28.8. The summed E-state index contributed by atoms with van der Waals surface area (Å²) in [7, 11) is 0. The summed E-state index contributed by atoms with van der Waals surface area (Å²) in [5.74, 6) is -1.09. The summed E-state index contributed by atoms with van der Waals surface area (Å²) in [6.07, 6.45) is 0. The topological polar surface area (TPSA) is 12.0 Å². The summed E-state index contributed by atoms with van der Waals surface area (Å²) in [4.78, 5) is 0. The van der Waals surface area contributed by atoms with E-state index in [0.29, 0.717) is 12.1 Å². The zero-order valence-corrected chi connectivity index (χ0v) is 11.7. The first-order valence-corrected chi connectivity index (χ1v) is 7.18. The Balaban J connectivity index is 1.89. The Morgan fingerprint density at radius 3 is 2.75 bits per heavy atom. The van der Waals surface area contributed by atoms with Gasteiger partial charge in [-0.3, -0.25) is 0 Å². The molecule has 4 heteroatoms. The van der Waals surface area contributed by atoms with E-state index in [1.54, 1.807) is 18.3 Å². The Hall–Kier alpha value is -1.94. The van der Waals surface area contributed by atoms with E-state index >= 15 is 0 Å². The van der Waals surface area contributed by atoms with Crippen LogP contribution in [0.5, 0.6) is 0 Å². The van der Waals surface area contributed by atoms with Crippen LogP contribution < -0.4 is 5.32 Å². The summed E-state index contributed by atoms with van der Waals surface area (Å²) in [5, 5.41) is 6.01. The summed E-state index contributed by atoms with van der Waals surface area (Å²) in [6, 6.07) is 10.7. The van der Waals surface area contributed by atoms with Crippen LogP contribution in [0.1, 0.15) is 11.1 Å². The number of nitrogens with one attached hydrogen (secondary N) is 1. The molecule has 1 nitrogen and oxygen atoms in total. The molecule has 0 unspecified atom stereocenters. The number of anilines is 1. The molecule has 0 spiro atoms. The number of thiophene rings is 1. The lowest BCUT2D eigenvalue weighted by molar-refractivity contribution is 0.582. The Bertz CT molecular complexity index is 764. The highest BCUT2D eigenvalue weighted by Gasteiger charge is 2.12. The fraction of sp³-hybridized carbons (Fsp3) is 0.125. The van der Waals surface area contributed by atoms with Crippen molar-refractivity contribution in [2.75, 3.05) is 5.32 Å². The Kier molecular flexibility index (Phi) is 3.40.